The van der Waals surface area contributed by atoms with Gasteiger partial charge in [-0.25, -0.2) is 0 Å². The summed E-state index contributed by atoms with van der Waals surface area (Å²) in [5.74, 6) is 1.51. The summed E-state index contributed by atoms with van der Waals surface area (Å²) >= 11 is 0. The van der Waals surface area contributed by atoms with Crippen LogP contribution in [0.2, 0.25) is 0 Å². The van der Waals surface area contributed by atoms with Gasteiger partial charge in [0.2, 0.25) is 0 Å². The number of hydrogen-bond donors (Lipinski definition) is 0. The summed E-state index contributed by atoms with van der Waals surface area (Å²) in [4.78, 5) is 12.5. The minimum Gasteiger partial charge on any atom is -0.558 e. The fourth-order valence-electron chi connectivity index (χ4n) is 2.52. The third kappa shape index (κ3) is 5.24. The van der Waals surface area contributed by atoms with Crippen molar-refractivity contribution in [3.63, 3.8) is 0 Å². The van der Waals surface area contributed by atoms with Crippen LogP contribution in [-0.4, -0.2) is 11.9 Å². The molecule has 0 heterocycles. The van der Waals surface area contributed by atoms with Crippen molar-refractivity contribution in [2.24, 2.45) is 0 Å². The molecule has 0 aliphatic rings. The van der Waals surface area contributed by atoms with E-state index in [1.54, 1.807) is 0 Å². The average Bonchev–Trinajstić information content (AvgIpc) is 2.36. The van der Waals surface area contributed by atoms with E-state index in [-0.39, 0.29) is 24.6 Å². The van der Waals surface area contributed by atoms with E-state index in [9.17, 15) is 4.79 Å². The summed E-state index contributed by atoms with van der Waals surface area (Å²) < 4.78 is 0. The van der Waals surface area contributed by atoms with Gasteiger partial charge >= 0.3 is 18.9 Å². The van der Waals surface area contributed by atoms with Gasteiger partial charge in [0, 0.05) is 5.56 Å². The first-order valence-electron chi connectivity index (χ1n) is 7.65. The molecule has 1 aromatic carbocycles. The van der Waals surface area contributed by atoms with Crippen molar-refractivity contribution in [2.45, 2.75) is 65.7 Å². The van der Waals surface area contributed by atoms with Crippen molar-refractivity contribution in [2.75, 3.05) is 6.16 Å². The maximum atomic E-state index is 12.5. The Hall–Kier alpha value is -0.0826. The zero-order chi connectivity index (χ0) is 15.4. The van der Waals surface area contributed by atoms with Crippen LogP contribution in [0.3, 0.4) is 0 Å². The Morgan fingerprint density at radius 2 is 1.38 bits per heavy atom. The normalized spacial score (nSPS) is 11.1. The number of carbonyl (C=O) groups is 1. The van der Waals surface area contributed by atoms with E-state index in [0.29, 0.717) is 24.2 Å². The standard InChI is InChI=1S/C18H28OP.Li/c1-11(2)14-9-15(12(3)4)18(17(19)7-8-20)16(10-14)13(5)6;/h9-13,20H,7-8H2,1-6H3;/q-1;+1. The maximum Gasteiger partial charge on any atom is 1.00 e. The van der Waals surface area contributed by atoms with Crippen LogP contribution < -0.4 is 18.9 Å². The second-order valence-corrected chi connectivity index (χ2v) is 6.96. The van der Waals surface area contributed by atoms with E-state index in [0.717, 1.165) is 11.7 Å². The molecule has 0 aliphatic heterocycles. The van der Waals surface area contributed by atoms with Crippen LogP contribution >= 0.6 is 9.24 Å². The van der Waals surface area contributed by atoms with Gasteiger partial charge in [0.1, 0.15) is 0 Å². The van der Waals surface area contributed by atoms with Gasteiger partial charge in [-0.3, -0.25) is 4.79 Å². The first-order valence-corrected chi connectivity index (χ1v) is 8.35. The maximum absolute atomic E-state index is 12.5. The third-order valence-electron chi connectivity index (χ3n) is 3.76. The molecule has 0 unspecified atom stereocenters. The molecule has 1 nitrogen and oxygen atoms in total. The number of ketones is 1. The predicted molar refractivity (Wildman–Crippen MR) is 90.8 cm³/mol. The molecule has 0 spiro atoms. The Morgan fingerprint density at radius 1 is 0.952 bits per heavy atom. The zero-order valence-corrected chi connectivity index (χ0v) is 15.7. The van der Waals surface area contributed by atoms with E-state index in [1.165, 1.54) is 16.7 Å². The van der Waals surface area contributed by atoms with Gasteiger partial charge in [-0.15, -0.1) is 0 Å². The van der Waals surface area contributed by atoms with Crippen LogP contribution in [-0.2, 0) is 0 Å². The first kappa shape index (κ1) is 20.9. The van der Waals surface area contributed by atoms with Gasteiger partial charge in [0.15, 0.2) is 5.78 Å². The van der Waals surface area contributed by atoms with Crippen LogP contribution in [0.5, 0.6) is 0 Å². The van der Waals surface area contributed by atoms with Crippen LogP contribution in [0, 0.1) is 0 Å². The molecule has 0 radical (unpaired) electrons. The largest absolute Gasteiger partial charge is 1.00 e. The van der Waals surface area contributed by atoms with Gasteiger partial charge < -0.3 is 9.24 Å². The molecular weight excluding hydrogens is 270 g/mol. The zero-order valence-electron chi connectivity index (χ0n) is 14.7. The van der Waals surface area contributed by atoms with E-state index in [1.807, 2.05) is 0 Å². The number of rotatable bonds is 6. The molecule has 0 aromatic heterocycles. The van der Waals surface area contributed by atoms with Crippen LogP contribution in [0.25, 0.3) is 0 Å². The molecule has 0 aliphatic carbocycles. The Bertz CT molecular complexity index is 449. The Kier molecular flexibility index (Phi) is 9.11. The van der Waals surface area contributed by atoms with Gasteiger partial charge in [0.25, 0.3) is 0 Å². The van der Waals surface area contributed by atoms with E-state index >= 15 is 0 Å². The van der Waals surface area contributed by atoms with E-state index < -0.39 is 0 Å². The van der Waals surface area contributed by atoms with Gasteiger partial charge in [0.05, 0.1) is 0 Å². The van der Waals surface area contributed by atoms with Crippen molar-refractivity contribution >= 4 is 15.0 Å². The van der Waals surface area contributed by atoms with Crippen LogP contribution in [0.15, 0.2) is 12.1 Å². The predicted octanol–water partition coefficient (Wildman–Crippen LogP) is 2.78. The molecule has 0 saturated heterocycles. The third-order valence-corrected chi connectivity index (χ3v) is 4.01. The van der Waals surface area contributed by atoms with Gasteiger partial charge in [-0.1, -0.05) is 53.7 Å². The number of Topliss-reactive ketones (excluding diaryl/α,β-unsaturated/α-hetero) is 1. The molecule has 1 aromatic rings. The summed E-state index contributed by atoms with van der Waals surface area (Å²) in [5.41, 5.74) is 4.74. The minimum absolute atomic E-state index is 0. The van der Waals surface area contributed by atoms with Crippen molar-refractivity contribution in [1.82, 2.24) is 0 Å². The Labute approximate surface area is 145 Å². The summed E-state index contributed by atoms with van der Waals surface area (Å²) in [6, 6.07) is 4.48. The van der Waals surface area contributed by atoms with Crippen molar-refractivity contribution < 1.29 is 23.7 Å². The Balaban J connectivity index is 0.00000400. The second kappa shape index (κ2) is 9.15. The molecule has 3 heteroatoms. The molecule has 0 saturated carbocycles. The van der Waals surface area contributed by atoms with Crippen molar-refractivity contribution in [1.29, 1.82) is 0 Å². The Morgan fingerprint density at radius 3 is 1.67 bits per heavy atom. The van der Waals surface area contributed by atoms with Crippen LogP contribution in [0.1, 0.15) is 92.8 Å². The number of carbonyl (C=O) groups excluding carboxylic acids is 1. The number of hydrogen-bond acceptors (Lipinski definition) is 1. The van der Waals surface area contributed by atoms with Gasteiger partial charge in [-0.05, 0) is 40.9 Å². The summed E-state index contributed by atoms with van der Waals surface area (Å²) in [7, 11) is 3.44. The SMILES string of the molecule is CC(C)c1cc(C(C)C)c(C(=O)CC[PH-])c(C(C)C)c1.[Li+]. The summed E-state index contributed by atoms with van der Waals surface area (Å²) in [5, 5.41) is 0. The molecule has 0 N–H and O–H groups in total. The second-order valence-electron chi connectivity index (χ2n) is 6.46. The molecule has 0 fully saturated rings. The molecular formula is C18H28LiOP. The molecule has 1 rings (SSSR count). The fourth-order valence-corrected chi connectivity index (χ4v) is 2.74. The van der Waals surface area contributed by atoms with E-state index in [2.05, 4.69) is 62.9 Å². The van der Waals surface area contributed by atoms with Crippen molar-refractivity contribution in [3.05, 3.63) is 34.4 Å². The molecule has 21 heavy (non-hydrogen) atoms. The smallest absolute Gasteiger partial charge is 0.558 e. The van der Waals surface area contributed by atoms with Crippen molar-refractivity contribution in [3.8, 4) is 0 Å². The first-order chi connectivity index (χ1) is 9.29. The van der Waals surface area contributed by atoms with Gasteiger partial charge in [-0.2, -0.15) is 6.16 Å². The van der Waals surface area contributed by atoms with Crippen LogP contribution in [0.4, 0.5) is 0 Å². The summed E-state index contributed by atoms with van der Waals surface area (Å²) in [6.45, 7) is 13.1. The minimum atomic E-state index is 0. The molecule has 112 valence electrons. The monoisotopic (exact) mass is 298 g/mol. The van der Waals surface area contributed by atoms with E-state index in [4.69, 9.17) is 0 Å². The molecule has 0 amide bonds. The average molecular weight is 298 g/mol. The quantitative estimate of drug-likeness (QED) is 0.448. The summed E-state index contributed by atoms with van der Waals surface area (Å²) in [6.07, 6.45) is 1.29. The molecule has 0 bridgehead atoms. The fraction of sp³-hybridized carbons (Fsp3) is 0.611. The topological polar surface area (TPSA) is 17.1 Å². The number of benzene rings is 1. The molecule has 0 atom stereocenters.